The van der Waals surface area contributed by atoms with Gasteiger partial charge in [0.05, 0.1) is 12.7 Å². The molecule has 2 rings (SSSR count). The lowest BCUT2D eigenvalue weighted by Gasteiger charge is -2.26. The summed E-state index contributed by atoms with van der Waals surface area (Å²) < 4.78 is 5.78. The average Bonchev–Trinajstić information content (AvgIpc) is 2.46. The molecule has 3 atom stereocenters. The topological polar surface area (TPSA) is 9.23 Å². The highest BCUT2D eigenvalue weighted by Gasteiger charge is 2.35. The Kier molecular flexibility index (Phi) is 2.05. The van der Waals surface area contributed by atoms with Gasteiger partial charge in [-0.3, -0.25) is 0 Å². The third kappa shape index (κ3) is 1.22. The Hall–Kier alpha value is -0.560. The quantitative estimate of drug-likeness (QED) is 0.541. The SMILES string of the molecule is C=C[C@H]1CC[C@H]2C=C(C)CO[C@@H]21. The molecule has 1 fully saturated rings. The molecule has 0 aromatic heterocycles. The monoisotopic (exact) mass is 164 g/mol. The van der Waals surface area contributed by atoms with Gasteiger partial charge in [-0.05, 0) is 19.8 Å². The van der Waals surface area contributed by atoms with Crippen LogP contribution < -0.4 is 0 Å². The number of hydrogen-bond donors (Lipinski definition) is 0. The van der Waals surface area contributed by atoms with E-state index in [2.05, 4.69) is 25.7 Å². The highest BCUT2D eigenvalue weighted by molar-refractivity contribution is 5.12. The van der Waals surface area contributed by atoms with Crippen LogP contribution in [0.25, 0.3) is 0 Å². The van der Waals surface area contributed by atoms with E-state index in [0.29, 0.717) is 17.9 Å². The summed E-state index contributed by atoms with van der Waals surface area (Å²) in [7, 11) is 0. The lowest BCUT2D eigenvalue weighted by atomic mass is 9.96. The van der Waals surface area contributed by atoms with Crippen molar-refractivity contribution in [2.45, 2.75) is 25.9 Å². The van der Waals surface area contributed by atoms with Gasteiger partial charge in [-0.15, -0.1) is 6.58 Å². The lowest BCUT2D eigenvalue weighted by Crippen LogP contribution is -2.27. The number of rotatable bonds is 1. The fraction of sp³-hybridized carbons (Fsp3) is 0.636. The zero-order chi connectivity index (χ0) is 8.55. The molecule has 1 aliphatic carbocycles. The van der Waals surface area contributed by atoms with E-state index in [9.17, 15) is 0 Å². The van der Waals surface area contributed by atoms with Crippen LogP contribution in [0.2, 0.25) is 0 Å². The molecular formula is C11H16O. The highest BCUT2D eigenvalue weighted by Crippen LogP contribution is 2.38. The van der Waals surface area contributed by atoms with E-state index in [0.717, 1.165) is 6.61 Å². The minimum absolute atomic E-state index is 0.436. The zero-order valence-corrected chi connectivity index (χ0v) is 7.62. The Morgan fingerprint density at radius 3 is 3.17 bits per heavy atom. The summed E-state index contributed by atoms with van der Waals surface area (Å²) in [6.07, 6.45) is 7.41. The molecule has 0 spiro atoms. The van der Waals surface area contributed by atoms with Crippen molar-refractivity contribution in [2.24, 2.45) is 11.8 Å². The summed E-state index contributed by atoms with van der Waals surface area (Å²) in [6.45, 7) is 6.83. The average molecular weight is 164 g/mol. The van der Waals surface area contributed by atoms with Crippen molar-refractivity contribution < 1.29 is 4.74 Å². The van der Waals surface area contributed by atoms with Crippen molar-refractivity contribution in [3.63, 3.8) is 0 Å². The van der Waals surface area contributed by atoms with Gasteiger partial charge in [0.15, 0.2) is 0 Å². The molecule has 66 valence electrons. The van der Waals surface area contributed by atoms with Crippen LogP contribution >= 0.6 is 0 Å². The zero-order valence-electron chi connectivity index (χ0n) is 7.62. The molecule has 1 heterocycles. The Morgan fingerprint density at radius 1 is 1.58 bits per heavy atom. The first-order valence-electron chi connectivity index (χ1n) is 4.72. The molecule has 0 radical (unpaired) electrons. The van der Waals surface area contributed by atoms with Crippen LogP contribution in [0.15, 0.2) is 24.3 Å². The van der Waals surface area contributed by atoms with Gasteiger partial charge in [0.2, 0.25) is 0 Å². The van der Waals surface area contributed by atoms with Crippen molar-refractivity contribution in [2.75, 3.05) is 6.61 Å². The summed E-state index contributed by atoms with van der Waals surface area (Å²) in [5, 5.41) is 0. The Labute approximate surface area is 74.1 Å². The molecule has 0 aromatic carbocycles. The Bertz CT molecular complexity index is 217. The first kappa shape index (κ1) is 8.06. The summed E-state index contributed by atoms with van der Waals surface area (Å²) >= 11 is 0. The van der Waals surface area contributed by atoms with Gasteiger partial charge in [0.25, 0.3) is 0 Å². The normalized spacial score (nSPS) is 40.4. The standard InChI is InChI=1S/C11H16O/c1-3-9-4-5-10-6-8(2)7-12-11(9)10/h3,6,9-11H,1,4-5,7H2,2H3/t9-,10-,11+/m0/s1. The number of hydrogen-bond acceptors (Lipinski definition) is 1. The predicted molar refractivity (Wildman–Crippen MR) is 49.9 cm³/mol. The van der Waals surface area contributed by atoms with Crippen LogP contribution in [0, 0.1) is 11.8 Å². The minimum Gasteiger partial charge on any atom is -0.373 e. The van der Waals surface area contributed by atoms with Gasteiger partial charge >= 0.3 is 0 Å². The molecule has 0 amide bonds. The maximum Gasteiger partial charge on any atom is 0.0704 e. The van der Waals surface area contributed by atoms with Crippen molar-refractivity contribution >= 4 is 0 Å². The molecule has 1 aliphatic heterocycles. The highest BCUT2D eigenvalue weighted by atomic mass is 16.5. The van der Waals surface area contributed by atoms with E-state index >= 15 is 0 Å². The van der Waals surface area contributed by atoms with E-state index in [1.54, 1.807) is 0 Å². The largest absolute Gasteiger partial charge is 0.373 e. The number of ether oxygens (including phenoxy) is 1. The van der Waals surface area contributed by atoms with Crippen LogP contribution in [-0.4, -0.2) is 12.7 Å². The molecule has 0 bridgehead atoms. The van der Waals surface area contributed by atoms with Gasteiger partial charge < -0.3 is 4.74 Å². The van der Waals surface area contributed by atoms with Crippen molar-refractivity contribution in [1.82, 2.24) is 0 Å². The van der Waals surface area contributed by atoms with Crippen LogP contribution in [-0.2, 0) is 4.74 Å². The molecule has 0 N–H and O–H groups in total. The molecule has 12 heavy (non-hydrogen) atoms. The summed E-state index contributed by atoms with van der Waals surface area (Å²) in [5.41, 5.74) is 1.39. The molecule has 0 unspecified atom stereocenters. The van der Waals surface area contributed by atoms with Crippen LogP contribution in [0.4, 0.5) is 0 Å². The van der Waals surface area contributed by atoms with Gasteiger partial charge in [-0.1, -0.05) is 17.7 Å². The molecule has 0 saturated heterocycles. The summed E-state index contributed by atoms with van der Waals surface area (Å²) in [5.74, 6) is 1.26. The number of fused-ring (bicyclic) bond motifs is 1. The van der Waals surface area contributed by atoms with E-state index in [1.807, 2.05) is 0 Å². The molecule has 1 heteroatoms. The maximum absolute atomic E-state index is 5.78. The molecular weight excluding hydrogens is 148 g/mol. The van der Waals surface area contributed by atoms with Crippen LogP contribution in [0.1, 0.15) is 19.8 Å². The summed E-state index contributed by atoms with van der Waals surface area (Å²) in [4.78, 5) is 0. The van der Waals surface area contributed by atoms with Gasteiger partial charge in [0.1, 0.15) is 0 Å². The Morgan fingerprint density at radius 2 is 2.42 bits per heavy atom. The van der Waals surface area contributed by atoms with Crippen LogP contribution in [0.3, 0.4) is 0 Å². The molecule has 2 aliphatic rings. The second-order valence-corrected chi connectivity index (χ2v) is 3.93. The van der Waals surface area contributed by atoms with Crippen molar-refractivity contribution in [3.05, 3.63) is 24.3 Å². The van der Waals surface area contributed by atoms with E-state index < -0.39 is 0 Å². The molecule has 1 nitrogen and oxygen atoms in total. The predicted octanol–water partition coefficient (Wildman–Crippen LogP) is 2.54. The Balaban J connectivity index is 2.14. The second-order valence-electron chi connectivity index (χ2n) is 3.93. The molecule has 0 aromatic rings. The van der Waals surface area contributed by atoms with Crippen molar-refractivity contribution in [1.29, 1.82) is 0 Å². The van der Waals surface area contributed by atoms with Gasteiger partial charge in [-0.25, -0.2) is 0 Å². The smallest absolute Gasteiger partial charge is 0.0704 e. The maximum atomic E-state index is 5.78. The van der Waals surface area contributed by atoms with E-state index in [1.165, 1.54) is 18.4 Å². The van der Waals surface area contributed by atoms with Crippen LogP contribution in [0.5, 0.6) is 0 Å². The lowest BCUT2D eigenvalue weighted by molar-refractivity contribution is 0.0251. The summed E-state index contributed by atoms with van der Waals surface area (Å²) in [6, 6.07) is 0. The van der Waals surface area contributed by atoms with E-state index in [-0.39, 0.29) is 0 Å². The fourth-order valence-corrected chi connectivity index (χ4v) is 2.35. The van der Waals surface area contributed by atoms with E-state index in [4.69, 9.17) is 4.74 Å². The third-order valence-corrected chi connectivity index (χ3v) is 2.98. The van der Waals surface area contributed by atoms with Crippen molar-refractivity contribution in [3.8, 4) is 0 Å². The fourth-order valence-electron chi connectivity index (χ4n) is 2.35. The first-order chi connectivity index (χ1) is 5.81. The second kappa shape index (κ2) is 3.06. The third-order valence-electron chi connectivity index (χ3n) is 2.98. The van der Waals surface area contributed by atoms with Gasteiger partial charge in [-0.2, -0.15) is 0 Å². The minimum atomic E-state index is 0.436. The first-order valence-corrected chi connectivity index (χ1v) is 4.72. The van der Waals surface area contributed by atoms with Gasteiger partial charge in [0, 0.05) is 11.8 Å². The molecule has 1 saturated carbocycles.